The molecule has 2 aliphatic heterocycles. The van der Waals surface area contributed by atoms with Crippen molar-refractivity contribution >= 4 is 16.1 Å². The minimum Gasteiger partial charge on any atom is -0.338 e. The van der Waals surface area contributed by atoms with Crippen molar-refractivity contribution in [2.45, 2.75) is 32.2 Å². The van der Waals surface area contributed by atoms with E-state index in [-0.39, 0.29) is 11.3 Å². The average Bonchev–Trinajstić information content (AvgIpc) is 2.59. The summed E-state index contributed by atoms with van der Waals surface area (Å²) in [6.45, 7) is 2.19. The Morgan fingerprint density at radius 3 is 2.76 bits per heavy atom. The van der Waals surface area contributed by atoms with Gasteiger partial charge in [0.1, 0.15) is 0 Å². The van der Waals surface area contributed by atoms with Gasteiger partial charge in [-0.3, -0.25) is 9.78 Å². The highest BCUT2D eigenvalue weighted by molar-refractivity contribution is 7.86. The third-order valence-electron chi connectivity index (χ3n) is 5.26. The molecule has 3 rings (SSSR count). The molecular weight excluding hydrogens is 340 g/mol. The summed E-state index contributed by atoms with van der Waals surface area (Å²) < 4.78 is 27.9. The molecule has 1 atom stereocenters. The standard InChI is InChI=1S/C17H26N4O3S/c1-19(2)25(23,24)21-10-4-7-17(14-21)8-6-16(22)20(13-17)12-15-5-3-9-18-11-15/h3,5,9,11H,4,6-8,10,12-14H2,1-2H3. The van der Waals surface area contributed by atoms with E-state index >= 15 is 0 Å². The van der Waals surface area contributed by atoms with Gasteiger partial charge in [-0.2, -0.15) is 17.0 Å². The Morgan fingerprint density at radius 2 is 2.08 bits per heavy atom. The number of likely N-dealkylation sites (tertiary alicyclic amines) is 1. The molecule has 2 fully saturated rings. The number of rotatable bonds is 4. The van der Waals surface area contributed by atoms with E-state index < -0.39 is 10.2 Å². The van der Waals surface area contributed by atoms with E-state index in [0.717, 1.165) is 24.8 Å². The zero-order valence-corrected chi connectivity index (χ0v) is 15.7. The van der Waals surface area contributed by atoms with Gasteiger partial charge in [0.25, 0.3) is 10.2 Å². The van der Waals surface area contributed by atoms with Crippen molar-refractivity contribution in [3.8, 4) is 0 Å². The van der Waals surface area contributed by atoms with Crippen LogP contribution in [0.1, 0.15) is 31.2 Å². The van der Waals surface area contributed by atoms with Gasteiger partial charge >= 0.3 is 0 Å². The summed E-state index contributed by atoms with van der Waals surface area (Å²) in [5.41, 5.74) is 0.860. The van der Waals surface area contributed by atoms with E-state index in [4.69, 9.17) is 0 Å². The summed E-state index contributed by atoms with van der Waals surface area (Å²) >= 11 is 0. The fourth-order valence-corrected chi connectivity index (χ4v) is 5.14. The van der Waals surface area contributed by atoms with E-state index in [2.05, 4.69) is 4.98 Å². The summed E-state index contributed by atoms with van der Waals surface area (Å²) in [7, 11) is -0.282. The van der Waals surface area contributed by atoms with E-state index in [0.29, 0.717) is 32.6 Å². The number of nitrogens with zero attached hydrogens (tertiary/aromatic N) is 4. The monoisotopic (exact) mass is 366 g/mol. The molecule has 2 saturated heterocycles. The second-order valence-electron chi connectivity index (χ2n) is 7.34. The van der Waals surface area contributed by atoms with Crippen LogP contribution < -0.4 is 0 Å². The van der Waals surface area contributed by atoms with Gasteiger partial charge in [0.15, 0.2) is 0 Å². The van der Waals surface area contributed by atoms with E-state index in [1.807, 2.05) is 17.0 Å². The number of carbonyl (C=O) groups excluding carboxylic acids is 1. The highest BCUT2D eigenvalue weighted by Crippen LogP contribution is 2.40. The minimum absolute atomic E-state index is 0.141. The van der Waals surface area contributed by atoms with Crippen LogP contribution in [0.4, 0.5) is 0 Å². The molecule has 1 spiro atoms. The first-order valence-corrected chi connectivity index (χ1v) is 10.1. The van der Waals surface area contributed by atoms with Crippen LogP contribution in [0.25, 0.3) is 0 Å². The third-order valence-corrected chi connectivity index (χ3v) is 7.15. The molecule has 0 bridgehead atoms. The van der Waals surface area contributed by atoms with Crippen LogP contribution in [0.15, 0.2) is 24.5 Å². The Hall–Kier alpha value is -1.51. The normalized spacial score (nSPS) is 25.7. The maximum absolute atomic E-state index is 12.5. The van der Waals surface area contributed by atoms with Crippen LogP contribution in [0, 0.1) is 5.41 Å². The zero-order chi connectivity index (χ0) is 18.1. The van der Waals surface area contributed by atoms with Gasteiger partial charge in [0.05, 0.1) is 0 Å². The van der Waals surface area contributed by atoms with Crippen molar-refractivity contribution < 1.29 is 13.2 Å². The molecule has 25 heavy (non-hydrogen) atoms. The SMILES string of the molecule is CN(C)S(=O)(=O)N1CCCC2(CCC(=O)N(Cc3cccnc3)C2)C1. The third kappa shape index (κ3) is 3.86. The fourth-order valence-electron chi connectivity index (χ4n) is 3.88. The lowest BCUT2D eigenvalue weighted by Crippen LogP contribution is -2.56. The molecule has 2 aliphatic rings. The van der Waals surface area contributed by atoms with Gasteiger partial charge in [-0.05, 0) is 30.9 Å². The molecule has 1 unspecified atom stereocenters. The van der Waals surface area contributed by atoms with E-state index in [1.165, 1.54) is 4.31 Å². The van der Waals surface area contributed by atoms with Gasteiger partial charge in [-0.1, -0.05) is 6.07 Å². The van der Waals surface area contributed by atoms with Crippen molar-refractivity contribution in [3.05, 3.63) is 30.1 Å². The first-order chi connectivity index (χ1) is 11.8. The summed E-state index contributed by atoms with van der Waals surface area (Å²) in [6.07, 6.45) is 6.53. The fraction of sp³-hybridized carbons (Fsp3) is 0.647. The summed E-state index contributed by atoms with van der Waals surface area (Å²) in [4.78, 5) is 18.4. The van der Waals surface area contributed by atoms with Crippen LogP contribution in [-0.2, 0) is 21.5 Å². The number of aromatic nitrogens is 1. The number of hydrogen-bond acceptors (Lipinski definition) is 4. The molecule has 3 heterocycles. The predicted octanol–water partition coefficient (Wildman–Crippen LogP) is 1.09. The Kier molecular flexibility index (Phi) is 5.13. The van der Waals surface area contributed by atoms with Crippen molar-refractivity contribution in [2.24, 2.45) is 5.41 Å². The van der Waals surface area contributed by atoms with Crippen LogP contribution in [-0.4, -0.2) is 66.5 Å². The highest BCUT2D eigenvalue weighted by atomic mass is 32.2. The van der Waals surface area contributed by atoms with Crippen molar-refractivity contribution in [1.29, 1.82) is 0 Å². The number of piperidine rings is 2. The topological polar surface area (TPSA) is 73.8 Å². The van der Waals surface area contributed by atoms with Crippen LogP contribution in [0.3, 0.4) is 0 Å². The molecule has 1 amide bonds. The summed E-state index contributed by atoms with van der Waals surface area (Å²) in [5, 5.41) is 0. The minimum atomic E-state index is -3.41. The molecule has 0 N–H and O–H groups in total. The van der Waals surface area contributed by atoms with Crippen LogP contribution >= 0.6 is 0 Å². The highest BCUT2D eigenvalue weighted by Gasteiger charge is 2.44. The lowest BCUT2D eigenvalue weighted by Gasteiger charge is -2.48. The Balaban J connectivity index is 1.76. The van der Waals surface area contributed by atoms with Crippen molar-refractivity contribution in [2.75, 3.05) is 33.7 Å². The number of carbonyl (C=O) groups is 1. The van der Waals surface area contributed by atoms with Gasteiger partial charge in [0.2, 0.25) is 5.91 Å². The quantitative estimate of drug-likeness (QED) is 0.800. The molecule has 1 aromatic rings. The molecule has 7 nitrogen and oxygen atoms in total. The molecule has 1 aromatic heterocycles. The smallest absolute Gasteiger partial charge is 0.281 e. The van der Waals surface area contributed by atoms with E-state index in [9.17, 15) is 13.2 Å². The van der Waals surface area contributed by atoms with Crippen LogP contribution in [0.5, 0.6) is 0 Å². The van der Waals surface area contributed by atoms with E-state index in [1.54, 1.807) is 30.8 Å². The lowest BCUT2D eigenvalue weighted by molar-refractivity contribution is -0.139. The van der Waals surface area contributed by atoms with Gasteiger partial charge < -0.3 is 4.90 Å². The van der Waals surface area contributed by atoms with Crippen molar-refractivity contribution in [3.63, 3.8) is 0 Å². The number of amides is 1. The van der Waals surface area contributed by atoms with Crippen molar-refractivity contribution in [1.82, 2.24) is 18.5 Å². The lowest BCUT2D eigenvalue weighted by atomic mass is 9.74. The van der Waals surface area contributed by atoms with Gasteiger partial charge in [-0.25, -0.2) is 0 Å². The Bertz CT molecular complexity index is 723. The second kappa shape index (κ2) is 7.01. The molecule has 0 aromatic carbocycles. The van der Waals surface area contributed by atoms with Gasteiger partial charge in [0, 0.05) is 64.5 Å². The molecular formula is C17H26N4O3S. The Labute approximate surface area is 149 Å². The Morgan fingerprint density at radius 1 is 1.28 bits per heavy atom. The number of hydrogen-bond donors (Lipinski definition) is 0. The predicted molar refractivity (Wildman–Crippen MR) is 94.7 cm³/mol. The largest absolute Gasteiger partial charge is 0.338 e. The maximum Gasteiger partial charge on any atom is 0.281 e. The first kappa shape index (κ1) is 18.3. The number of pyridine rings is 1. The molecule has 138 valence electrons. The summed E-state index contributed by atoms with van der Waals surface area (Å²) in [5.74, 6) is 0.141. The molecule has 0 radical (unpaired) electrons. The molecule has 0 saturated carbocycles. The van der Waals surface area contributed by atoms with Crippen LogP contribution in [0.2, 0.25) is 0 Å². The second-order valence-corrected chi connectivity index (χ2v) is 9.48. The zero-order valence-electron chi connectivity index (χ0n) is 14.9. The van der Waals surface area contributed by atoms with Gasteiger partial charge in [-0.15, -0.1) is 0 Å². The molecule has 0 aliphatic carbocycles. The summed E-state index contributed by atoms with van der Waals surface area (Å²) in [6, 6.07) is 3.83. The average molecular weight is 366 g/mol. The molecule has 8 heteroatoms. The first-order valence-electron chi connectivity index (χ1n) is 8.67. The maximum atomic E-state index is 12.5.